The Bertz CT molecular complexity index is 755. The first kappa shape index (κ1) is 15.1. The molecule has 2 nitrogen and oxygen atoms in total. The molecule has 0 spiro atoms. The van der Waals surface area contributed by atoms with Crippen molar-refractivity contribution in [2.24, 2.45) is 0 Å². The van der Waals surface area contributed by atoms with E-state index in [0.717, 1.165) is 27.1 Å². The van der Waals surface area contributed by atoms with Gasteiger partial charge in [-0.2, -0.15) is 0 Å². The summed E-state index contributed by atoms with van der Waals surface area (Å²) in [6, 6.07) is 20.2. The van der Waals surface area contributed by atoms with E-state index in [2.05, 4.69) is 47.5 Å². The molecule has 22 heavy (non-hydrogen) atoms. The first-order valence-corrected chi connectivity index (χ1v) is 8.35. The fraction of sp³-hybridized carbons (Fsp3) is 0.111. The third kappa shape index (κ3) is 3.87. The Morgan fingerprint density at radius 1 is 0.955 bits per heavy atom. The predicted octanol–water partition coefficient (Wildman–Crippen LogP) is 5.40. The maximum atomic E-state index is 5.99. The molecule has 0 amide bonds. The molecule has 0 N–H and O–H groups in total. The molecule has 1 heterocycles. The summed E-state index contributed by atoms with van der Waals surface area (Å²) < 4.78 is 0. The standard InChI is InChI=1S/C18H15ClN2S/c1-13-5-7-15(8-6-13)17-9-10-18(21-20-17)22-12-14-3-2-4-16(19)11-14/h2-11H,12H2,1H3. The van der Waals surface area contributed by atoms with Crippen LogP contribution in [0.3, 0.4) is 0 Å². The van der Waals surface area contributed by atoms with Crippen molar-refractivity contribution in [3.63, 3.8) is 0 Å². The molecule has 1 aromatic heterocycles. The van der Waals surface area contributed by atoms with E-state index in [-0.39, 0.29) is 0 Å². The highest BCUT2D eigenvalue weighted by molar-refractivity contribution is 7.98. The van der Waals surface area contributed by atoms with E-state index in [9.17, 15) is 0 Å². The zero-order valence-electron chi connectivity index (χ0n) is 12.2. The second kappa shape index (κ2) is 6.95. The largest absolute Gasteiger partial charge is 0.149 e. The Balaban J connectivity index is 1.68. The van der Waals surface area contributed by atoms with Crippen molar-refractivity contribution in [2.75, 3.05) is 0 Å². The molecule has 0 atom stereocenters. The van der Waals surface area contributed by atoms with Gasteiger partial charge in [-0.25, -0.2) is 0 Å². The topological polar surface area (TPSA) is 25.8 Å². The minimum atomic E-state index is 0.763. The first-order chi connectivity index (χ1) is 10.7. The van der Waals surface area contributed by atoms with Gasteiger partial charge in [-0.1, -0.05) is 65.3 Å². The Morgan fingerprint density at radius 2 is 1.77 bits per heavy atom. The van der Waals surface area contributed by atoms with Gasteiger partial charge in [-0.05, 0) is 36.8 Å². The van der Waals surface area contributed by atoms with Gasteiger partial charge in [-0.3, -0.25) is 0 Å². The van der Waals surface area contributed by atoms with Gasteiger partial charge in [0, 0.05) is 16.3 Å². The molecular weight excluding hydrogens is 312 g/mol. The lowest BCUT2D eigenvalue weighted by molar-refractivity contribution is 0.935. The van der Waals surface area contributed by atoms with Crippen LogP contribution in [0, 0.1) is 6.92 Å². The molecule has 2 aromatic carbocycles. The highest BCUT2D eigenvalue weighted by Gasteiger charge is 2.03. The van der Waals surface area contributed by atoms with Crippen LogP contribution in [0.1, 0.15) is 11.1 Å². The fourth-order valence-electron chi connectivity index (χ4n) is 2.06. The summed E-state index contributed by atoms with van der Waals surface area (Å²) in [5.41, 5.74) is 4.41. The van der Waals surface area contributed by atoms with E-state index in [0.29, 0.717) is 0 Å². The van der Waals surface area contributed by atoms with Crippen molar-refractivity contribution >= 4 is 23.4 Å². The van der Waals surface area contributed by atoms with Crippen molar-refractivity contribution < 1.29 is 0 Å². The Labute approximate surface area is 139 Å². The Kier molecular flexibility index (Phi) is 4.76. The summed E-state index contributed by atoms with van der Waals surface area (Å²) in [4.78, 5) is 0. The van der Waals surface area contributed by atoms with Crippen LogP contribution in [0.5, 0.6) is 0 Å². The quantitative estimate of drug-likeness (QED) is 0.600. The summed E-state index contributed by atoms with van der Waals surface area (Å²) in [5, 5.41) is 10.3. The molecule has 0 unspecified atom stereocenters. The summed E-state index contributed by atoms with van der Waals surface area (Å²) in [6.07, 6.45) is 0. The number of thioether (sulfide) groups is 1. The lowest BCUT2D eigenvalue weighted by atomic mass is 10.1. The third-order valence-corrected chi connectivity index (χ3v) is 4.49. The van der Waals surface area contributed by atoms with Crippen LogP contribution < -0.4 is 0 Å². The van der Waals surface area contributed by atoms with Gasteiger partial charge in [0.15, 0.2) is 0 Å². The van der Waals surface area contributed by atoms with Crippen LogP contribution in [0.25, 0.3) is 11.3 Å². The van der Waals surface area contributed by atoms with Gasteiger partial charge in [0.1, 0.15) is 5.03 Å². The molecule has 0 aliphatic heterocycles. The second-order valence-electron chi connectivity index (χ2n) is 5.04. The third-order valence-electron chi connectivity index (χ3n) is 3.26. The van der Waals surface area contributed by atoms with Crippen LogP contribution in [-0.4, -0.2) is 10.2 Å². The average molecular weight is 327 g/mol. The summed E-state index contributed by atoms with van der Waals surface area (Å²) in [5.74, 6) is 0.832. The lowest BCUT2D eigenvalue weighted by Crippen LogP contribution is -1.90. The van der Waals surface area contributed by atoms with Gasteiger partial charge in [-0.15, -0.1) is 10.2 Å². The van der Waals surface area contributed by atoms with E-state index >= 15 is 0 Å². The number of benzene rings is 2. The van der Waals surface area contributed by atoms with E-state index in [1.807, 2.05) is 30.3 Å². The molecule has 0 fully saturated rings. The fourth-order valence-corrected chi connectivity index (χ4v) is 3.03. The van der Waals surface area contributed by atoms with Gasteiger partial charge in [0.05, 0.1) is 5.69 Å². The van der Waals surface area contributed by atoms with Gasteiger partial charge >= 0.3 is 0 Å². The normalized spacial score (nSPS) is 10.6. The zero-order chi connectivity index (χ0) is 15.4. The lowest BCUT2D eigenvalue weighted by Gasteiger charge is -2.04. The molecule has 0 saturated carbocycles. The number of hydrogen-bond donors (Lipinski definition) is 0. The molecule has 110 valence electrons. The number of rotatable bonds is 4. The monoisotopic (exact) mass is 326 g/mol. The van der Waals surface area contributed by atoms with Crippen LogP contribution in [0.15, 0.2) is 65.7 Å². The number of hydrogen-bond acceptors (Lipinski definition) is 3. The minimum Gasteiger partial charge on any atom is -0.149 e. The zero-order valence-corrected chi connectivity index (χ0v) is 13.7. The molecule has 0 aliphatic rings. The number of nitrogens with zero attached hydrogens (tertiary/aromatic N) is 2. The Morgan fingerprint density at radius 3 is 2.45 bits per heavy atom. The van der Waals surface area contributed by atoms with E-state index in [1.165, 1.54) is 11.1 Å². The molecule has 3 rings (SSSR count). The maximum Gasteiger partial charge on any atom is 0.119 e. The molecule has 0 radical (unpaired) electrons. The van der Waals surface area contributed by atoms with E-state index in [1.54, 1.807) is 11.8 Å². The molecule has 0 aliphatic carbocycles. The van der Waals surface area contributed by atoms with Crippen LogP contribution >= 0.6 is 23.4 Å². The van der Waals surface area contributed by atoms with Crippen LogP contribution in [0.2, 0.25) is 5.02 Å². The van der Waals surface area contributed by atoms with Crippen molar-refractivity contribution in [2.45, 2.75) is 17.7 Å². The van der Waals surface area contributed by atoms with Crippen LogP contribution in [0.4, 0.5) is 0 Å². The number of aryl methyl sites for hydroxylation is 1. The van der Waals surface area contributed by atoms with Crippen molar-refractivity contribution in [3.8, 4) is 11.3 Å². The molecule has 0 saturated heterocycles. The SMILES string of the molecule is Cc1ccc(-c2ccc(SCc3cccc(Cl)c3)nn2)cc1. The summed E-state index contributed by atoms with van der Waals surface area (Å²) in [7, 11) is 0. The average Bonchev–Trinajstić information content (AvgIpc) is 2.54. The van der Waals surface area contributed by atoms with E-state index < -0.39 is 0 Å². The minimum absolute atomic E-state index is 0.763. The smallest absolute Gasteiger partial charge is 0.119 e. The van der Waals surface area contributed by atoms with Crippen LogP contribution in [-0.2, 0) is 5.75 Å². The highest BCUT2D eigenvalue weighted by atomic mass is 35.5. The molecule has 3 aromatic rings. The number of halogens is 1. The Hall–Kier alpha value is -1.84. The van der Waals surface area contributed by atoms with Gasteiger partial charge < -0.3 is 0 Å². The first-order valence-electron chi connectivity index (χ1n) is 6.99. The summed E-state index contributed by atoms with van der Waals surface area (Å²) >= 11 is 7.65. The van der Waals surface area contributed by atoms with Gasteiger partial charge in [0.2, 0.25) is 0 Å². The molecular formula is C18H15ClN2S. The maximum absolute atomic E-state index is 5.99. The van der Waals surface area contributed by atoms with Crippen molar-refractivity contribution in [1.82, 2.24) is 10.2 Å². The van der Waals surface area contributed by atoms with Gasteiger partial charge in [0.25, 0.3) is 0 Å². The molecule has 4 heteroatoms. The second-order valence-corrected chi connectivity index (χ2v) is 6.47. The van der Waals surface area contributed by atoms with Crippen molar-refractivity contribution in [3.05, 3.63) is 76.8 Å². The number of aromatic nitrogens is 2. The van der Waals surface area contributed by atoms with Crippen molar-refractivity contribution in [1.29, 1.82) is 0 Å². The highest BCUT2D eigenvalue weighted by Crippen LogP contribution is 2.24. The molecule has 0 bridgehead atoms. The van der Waals surface area contributed by atoms with E-state index in [4.69, 9.17) is 11.6 Å². The predicted molar refractivity (Wildman–Crippen MR) is 93.2 cm³/mol. The summed E-state index contributed by atoms with van der Waals surface area (Å²) in [6.45, 7) is 2.07.